The lowest BCUT2D eigenvalue weighted by atomic mass is 10.2. The lowest BCUT2D eigenvalue weighted by Gasteiger charge is -2.36. The summed E-state index contributed by atoms with van der Waals surface area (Å²) in [5, 5.41) is 2.83. The Morgan fingerprint density at radius 2 is 1.92 bits per heavy atom. The van der Waals surface area contributed by atoms with Gasteiger partial charge in [-0.05, 0) is 25.0 Å². The van der Waals surface area contributed by atoms with E-state index in [2.05, 4.69) is 5.32 Å². The van der Waals surface area contributed by atoms with Crippen molar-refractivity contribution in [2.24, 2.45) is 0 Å². The van der Waals surface area contributed by atoms with Crippen LogP contribution in [-0.2, 0) is 14.3 Å². The van der Waals surface area contributed by atoms with Crippen LogP contribution in [0.1, 0.15) is 25.7 Å². The molecule has 3 rings (SSSR count). The second-order valence-electron chi connectivity index (χ2n) is 6.76. The molecule has 0 aliphatic carbocycles. The van der Waals surface area contributed by atoms with Crippen molar-refractivity contribution in [3.63, 3.8) is 0 Å². The van der Waals surface area contributed by atoms with Crippen molar-refractivity contribution < 1.29 is 18.7 Å². The first-order chi connectivity index (χ1) is 12.6. The van der Waals surface area contributed by atoms with Gasteiger partial charge in [-0.3, -0.25) is 9.59 Å². The molecular formula is C19H26FN3O3. The monoisotopic (exact) mass is 363 g/mol. The van der Waals surface area contributed by atoms with Crippen LogP contribution in [0, 0.1) is 5.82 Å². The molecule has 7 heteroatoms. The summed E-state index contributed by atoms with van der Waals surface area (Å²) in [7, 11) is 0. The maximum absolute atomic E-state index is 13.8. The van der Waals surface area contributed by atoms with E-state index >= 15 is 0 Å². The van der Waals surface area contributed by atoms with Gasteiger partial charge in [-0.25, -0.2) is 4.39 Å². The van der Waals surface area contributed by atoms with Crippen LogP contribution in [0.3, 0.4) is 0 Å². The van der Waals surface area contributed by atoms with Crippen molar-refractivity contribution in [3.8, 4) is 0 Å². The highest BCUT2D eigenvalue weighted by molar-refractivity contribution is 5.83. The van der Waals surface area contributed by atoms with Gasteiger partial charge in [0.2, 0.25) is 11.8 Å². The van der Waals surface area contributed by atoms with Crippen molar-refractivity contribution in [3.05, 3.63) is 30.1 Å². The number of rotatable bonds is 6. The Labute approximate surface area is 153 Å². The van der Waals surface area contributed by atoms with Gasteiger partial charge in [0, 0.05) is 52.2 Å². The number of hydrogen-bond acceptors (Lipinski definition) is 4. The van der Waals surface area contributed by atoms with E-state index in [4.69, 9.17) is 4.74 Å². The number of anilines is 1. The largest absolute Gasteiger partial charge is 0.376 e. The van der Waals surface area contributed by atoms with E-state index in [1.54, 1.807) is 17.0 Å². The van der Waals surface area contributed by atoms with E-state index in [1.807, 2.05) is 11.0 Å². The molecule has 1 atom stereocenters. The first-order valence-electron chi connectivity index (χ1n) is 9.29. The molecule has 6 nitrogen and oxygen atoms in total. The fraction of sp³-hybridized carbons (Fsp3) is 0.579. The Kier molecular flexibility index (Phi) is 6.44. The minimum atomic E-state index is -0.241. The number of nitrogens with one attached hydrogen (secondary N) is 1. The Morgan fingerprint density at radius 3 is 2.62 bits per heavy atom. The summed E-state index contributed by atoms with van der Waals surface area (Å²) >= 11 is 0. The van der Waals surface area contributed by atoms with Gasteiger partial charge in [-0.2, -0.15) is 0 Å². The second kappa shape index (κ2) is 8.98. The summed E-state index contributed by atoms with van der Waals surface area (Å²) in [5.41, 5.74) is 0.577. The van der Waals surface area contributed by atoms with Crippen LogP contribution in [-0.4, -0.2) is 62.1 Å². The Hall–Kier alpha value is -2.15. The lowest BCUT2D eigenvalue weighted by Crippen LogP contribution is -2.49. The van der Waals surface area contributed by atoms with E-state index < -0.39 is 0 Å². The molecule has 2 aliphatic heterocycles. The Morgan fingerprint density at radius 1 is 1.15 bits per heavy atom. The average Bonchev–Trinajstić information content (AvgIpc) is 3.18. The zero-order valence-corrected chi connectivity index (χ0v) is 15.0. The van der Waals surface area contributed by atoms with Crippen LogP contribution in [0.2, 0.25) is 0 Å². The Bertz CT molecular complexity index is 626. The molecular weight excluding hydrogens is 337 g/mol. The van der Waals surface area contributed by atoms with Crippen molar-refractivity contribution in [2.75, 3.05) is 44.2 Å². The maximum Gasteiger partial charge on any atom is 0.223 e. The highest BCUT2D eigenvalue weighted by atomic mass is 19.1. The summed E-state index contributed by atoms with van der Waals surface area (Å²) in [4.78, 5) is 27.9. The predicted molar refractivity (Wildman–Crippen MR) is 96.4 cm³/mol. The molecule has 1 N–H and O–H groups in total. The number of benzene rings is 1. The van der Waals surface area contributed by atoms with E-state index in [0.717, 1.165) is 19.4 Å². The van der Waals surface area contributed by atoms with Gasteiger partial charge in [0.15, 0.2) is 0 Å². The molecule has 0 bridgehead atoms. The number of nitrogens with zero attached hydrogens (tertiary/aromatic N) is 2. The van der Waals surface area contributed by atoms with Gasteiger partial charge in [-0.1, -0.05) is 12.1 Å². The molecule has 1 unspecified atom stereocenters. The van der Waals surface area contributed by atoms with Crippen LogP contribution in [0.25, 0.3) is 0 Å². The van der Waals surface area contributed by atoms with Gasteiger partial charge in [0.1, 0.15) is 5.82 Å². The Balaban J connectivity index is 1.37. The van der Waals surface area contributed by atoms with E-state index in [9.17, 15) is 14.0 Å². The summed E-state index contributed by atoms with van der Waals surface area (Å²) < 4.78 is 19.3. The minimum Gasteiger partial charge on any atom is -0.376 e. The smallest absolute Gasteiger partial charge is 0.223 e. The molecule has 0 aromatic heterocycles. The first kappa shape index (κ1) is 18.6. The molecule has 26 heavy (non-hydrogen) atoms. The van der Waals surface area contributed by atoms with E-state index in [-0.39, 0.29) is 36.6 Å². The van der Waals surface area contributed by atoms with Gasteiger partial charge in [0.25, 0.3) is 0 Å². The van der Waals surface area contributed by atoms with Crippen molar-refractivity contribution in [1.29, 1.82) is 0 Å². The zero-order valence-electron chi connectivity index (χ0n) is 15.0. The third-order valence-corrected chi connectivity index (χ3v) is 4.94. The van der Waals surface area contributed by atoms with Crippen LogP contribution in [0.5, 0.6) is 0 Å². The van der Waals surface area contributed by atoms with Gasteiger partial charge in [0.05, 0.1) is 11.8 Å². The molecule has 0 radical (unpaired) electrons. The molecule has 142 valence electrons. The molecule has 2 fully saturated rings. The summed E-state index contributed by atoms with van der Waals surface area (Å²) in [5.74, 6) is -0.375. The van der Waals surface area contributed by atoms with Crippen molar-refractivity contribution in [2.45, 2.75) is 31.8 Å². The van der Waals surface area contributed by atoms with Gasteiger partial charge < -0.3 is 19.9 Å². The van der Waals surface area contributed by atoms with Crippen LogP contribution in [0.4, 0.5) is 10.1 Å². The molecule has 2 saturated heterocycles. The first-order valence-corrected chi connectivity index (χ1v) is 9.29. The fourth-order valence-electron chi connectivity index (χ4n) is 3.40. The molecule has 0 saturated carbocycles. The number of ether oxygens (including phenoxy) is 1. The second-order valence-corrected chi connectivity index (χ2v) is 6.76. The fourth-order valence-corrected chi connectivity index (χ4v) is 3.40. The number of hydrogen-bond donors (Lipinski definition) is 1. The molecule has 0 spiro atoms. The van der Waals surface area contributed by atoms with E-state index in [0.29, 0.717) is 38.4 Å². The molecule has 1 aromatic carbocycles. The number of para-hydroxylation sites is 1. The number of amides is 2. The lowest BCUT2D eigenvalue weighted by molar-refractivity contribution is -0.133. The molecule has 1 aromatic rings. The SMILES string of the molecule is O=C(CCC(=O)N1CCN(c2ccccc2F)CC1)NCC1CCCO1. The van der Waals surface area contributed by atoms with Crippen LogP contribution in [0.15, 0.2) is 24.3 Å². The quantitative estimate of drug-likeness (QED) is 0.833. The van der Waals surface area contributed by atoms with Crippen LogP contribution < -0.4 is 10.2 Å². The topological polar surface area (TPSA) is 61.9 Å². The minimum absolute atomic E-state index is 0.0227. The maximum atomic E-state index is 13.8. The normalized spacial score (nSPS) is 20.3. The number of carbonyl (C=O) groups excluding carboxylic acids is 2. The third kappa shape index (κ3) is 4.94. The summed E-state index contributed by atoms with van der Waals surface area (Å²) in [6.07, 6.45) is 2.53. The predicted octanol–water partition coefficient (Wildman–Crippen LogP) is 1.55. The highest BCUT2D eigenvalue weighted by Gasteiger charge is 2.23. The van der Waals surface area contributed by atoms with Gasteiger partial charge >= 0.3 is 0 Å². The number of carbonyl (C=O) groups is 2. The van der Waals surface area contributed by atoms with Crippen molar-refractivity contribution >= 4 is 17.5 Å². The summed E-state index contributed by atoms with van der Waals surface area (Å²) in [6.45, 7) is 3.57. The summed E-state index contributed by atoms with van der Waals surface area (Å²) in [6, 6.07) is 6.68. The zero-order chi connectivity index (χ0) is 18.4. The molecule has 2 aliphatic rings. The van der Waals surface area contributed by atoms with Crippen LogP contribution >= 0.6 is 0 Å². The van der Waals surface area contributed by atoms with Gasteiger partial charge in [-0.15, -0.1) is 0 Å². The van der Waals surface area contributed by atoms with Crippen molar-refractivity contribution in [1.82, 2.24) is 10.2 Å². The van der Waals surface area contributed by atoms with E-state index in [1.165, 1.54) is 6.07 Å². The highest BCUT2D eigenvalue weighted by Crippen LogP contribution is 2.20. The molecule has 2 amide bonds. The number of halogens is 1. The molecule has 2 heterocycles. The number of piperazine rings is 1. The standard InChI is InChI=1S/C19H26FN3O3/c20-16-5-1-2-6-17(16)22-9-11-23(12-10-22)19(25)8-7-18(24)21-14-15-4-3-13-26-15/h1-2,5-6,15H,3-4,7-14H2,(H,21,24). The third-order valence-electron chi connectivity index (χ3n) is 4.94. The average molecular weight is 363 g/mol.